The third-order valence-electron chi connectivity index (χ3n) is 5.53. The highest BCUT2D eigenvalue weighted by molar-refractivity contribution is 5.93. The number of anilines is 1. The van der Waals surface area contributed by atoms with Crippen LogP contribution in [0.2, 0.25) is 0 Å². The van der Waals surface area contributed by atoms with Crippen LogP contribution in [-0.2, 0) is 4.79 Å². The fourth-order valence-corrected chi connectivity index (χ4v) is 4.05. The van der Waals surface area contributed by atoms with Gasteiger partial charge in [-0.2, -0.15) is 0 Å². The van der Waals surface area contributed by atoms with Gasteiger partial charge in [-0.1, -0.05) is 18.1 Å². The maximum Gasteiger partial charge on any atom is 0.141 e. The molecule has 3 aromatic rings. The van der Waals surface area contributed by atoms with Gasteiger partial charge in [0.15, 0.2) is 0 Å². The van der Waals surface area contributed by atoms with Gasteiger partial charge < -0.3 is 9.42 Å². The number of rotatable bonds is 4. The van der Waals surface area contributed by atoms with Crippen LogP contribution in [0.5, 0.6) is 0 Å². The van der Waals surface area contributed by atoms with E-state index in [9.17, 15) is 4.79 Å². The number of fused-ring (bicyclic) bond motifs is 1. The molecular weight excluding hydrogens is 340 g/mol. The van der Waals surface area contributed by atoms with Crippen LogP contribution < -0.4 is 4.90 Å². The molecule has 1 aromatic carbocycles. The van der Waals surface area contributed by atoms with Crippen LogP contribution in [0, 0.1) is 19.8 Å². The van der Waals surface area contributed by atoms with Crippen LogP contribution in [0.15, 0.2) is 29.0 Å². The van der Waals surface area contributed by atoms with Crippen LogP contribution in [0.4, 0.5) is 5.82 Å². The fourth-order valence-electron chi connectivity index (χ4n) is 4.05. The van der Waals surface area contributed by atoms with Gasteiger partial charge in [0.1, 0.15) is 23.7 Å². The quantitative estimate of drug-likeness (QED) is 0.694. The van der Waals surface area contributed by atoms with Crippen molar-refractivity contribution in [1.29, 1.82) is 0 Å². The Morgan fingerprint density at radius 1 is 1.22 bits per heavy atom. The van der Waals surface area contributed by atoms with E-state index in [0.717, 1.165) is 65.2 Å². The normalized spacial score (nSPS) is 15.4. The minimum absolute atomic E-state index is 0.192. The molecule has 0 spiro atoms. The molecule has 0 atom stereocenters. The van der Waals surface area contributed by atoms with Gasteiger partial charge in [-0.25, -0.2) is 9.97 Å². The van der Waals surface area contributed by atoms with Gasteiger partial charge in [0.05, 0.1) is 11.2 Å². The standard InChI is InChI=1S/C21H24N4O2/c1-4-19(26)15-7-9-25(10-8-15)21-17-11-16(5-6-18(17)22-12-23-21)20-13(2)24-27-14(20)3/h5-6,11-12,15H,4,7-10H2,1-3H3. The summed E-state index contributed by atoms with van der Waals surface area (Å²) in [6, 6.07) is 6.20. The summed E-state index contributed by atoms with van der Waals surface area (Å²) in [5, 5.41) is 5.09. The summed E-state index contributed by atoms with van der Waals surface area (Å²) in [6.45, 7) is 7.52. The first-order chi connectivity index (χ1) is 13.1. The number of carbonyl (C=O) groups is 1. The number of nitrogens with zero attached hydrogens (tertiary/aromatic N) is 4. The largest absolute Gasteiger partial charge is 0.361 e. The molecule has 6 heteroatoms. The van der Waals surface area contributed by atoms with E-state index in [-0.39, 0.29) is 5.92 Å². The lowest BCUT2D eigenvalue weighted by atomic mass is 9.91. The van der Waals surface area contributed by atoms with Crippen molar-refractivity contribution in [3.05, 3.63) is 36.0 Å². The van der Waals surface area contributed by atoms with Crippen LogP contribution in [-0.4, -0.2) is 34.0 Å². The average molecular weight is 364 g/mol. The first kappa shape index (κ1) is 17.6. The van der Waals surface area contributed by atoms with Crippen molar-refractivity contribution in [2.75, 3.05) is 18.0 Å². The van der Waals surface area contributed by atoms with E-state index in [1.807, 2.05) is 26.8 Å². The zero-order valence-corrected chi connectivity index (χ0v) is 16.0. The van der Waals surface area contributed by atoms with Crippen molar-refractivity contribution >= 4 is 22.5 Å². The van der Waals surface area contributed by atoms with E-state index in [0.29, 0.717) is 12.2 Å². The zero-order chi connectivity index (χ0) is 19.0. The lowest BCUT2D eigenvalue weighted by molar-refractivity contribution is -0.123. The molecule has 1 saturated heterocycles. The molecule has 0 N–H and O–H groups in total. The van der Waals surface area contributed by atoms with Gasteiger partial charge in [-0.3, -0.25) is 4.79 Å². The highest BCUT2D eigenvalue weighted by Gasteiger charge is 2.25. The highest BCUT2D eigenvalue weighted by atomic mass is 16.5. The Labute approximate surface area is 158 Å². The summed E-state index contributed by atoms with van der Waals surface area (Å²) in [5.74, 6) is 2.32. The summed E-state index contributed by atoms with van der Waals surface area (Å²) in [4.78, 5) is 23.3. The predicted molar refractivity (Wildman–Crippen MR) is 105 cm³/mol. The van der Waals surface area contributed by atoms with Crippen LogP contribution in [0.3, 0.4) is 0 Å². The predicted octanol–water partition coefficient (Wildman–Crippen LogP) is 4.10. The molecule has 0 unspecified atom stereocenters. The van der Waals surface area contributed by atoms with Gasteiger partial charge in [0.25, 0.3) is 0 Å². The molecule has 0 saturated carbocycles. The lowest BCUT2D eigenvalue weighted by Gasteiger charge is -2.32. The van der Waals surface area contributed by atoms with Gasteiger partial charge in [0.2, 0.25) is 0 Å². The average Bonchev–Trinajstić information content (AvgIpc) is 3.05. The third-order valence-corrected chi connectivity index (χ3v) is 5.53. The molecule has 2 aromatic heterocycles. The molecule has 0 bridgehead atoms. The van der Waals surface area contributed by atoms with E-state index < -0.39 is 0 Å². The number of benzene rings is 1. The van der Waals surface area contributed by atoms with Gasteiger partial charge >= 0.3 is 0 Å². The Balaban J connectivity index is 1.70. The Morgan fingerprint density at radius 3 is 2.67 bits per heavy atom. The Hall–Kier alpha value is -2.76. The number of carbonyl (C=O) groups excluding carboxylic acids is 1. The summed E-state index contributed by atoms with van der Waals surface area (Å²) < 4.78 is 5.33. The Morgan fingerprint density at radius 2 is 2.00 bits per heavy atom. The number of Topliss-reactive ketones (excluding diaryl/α,β-unsaturated/α-hetero) is 1. The van der Waals surface area contributed by atoms with Crippen LogP contribution in [0.1, 0.15) is 37.6 Å². The smallest absolute Gasteiger partial charge is 0.141 e. The van der Waals surface area contributed by atoms with Gasteiger partial charge in [0, 0.05) is 36.4 Å². The number of aromatic nitrogens is 3. The van der Waals surface area contributed by atoms with Crippen LogP contribution in [0.25, 0.3) is 22.0 Å². The van der Waals surface area contributed by atoms with Crippen molar-refractivity contribution in [2.45, 2.75) is 40.0 Å². The van der Waals surface area contributed by atoms with E-state index in [4.69, 9.17) is 4.52 Å². The first-order valence-electron chi connectivity index (χ1n) is 9.54. The fraction of sp³-hybridized carbons (Fsp3) is 0.429. The molecule has 4 rings (SSSR count). The van der Waals surface area contributed by atoms with Crippen LogP contribution >= 0.6 is 0 Å². The van der Waals surface area contributed by atoms with Crippen molar-refractivity contribution < 1.29 is 9.32 Å². The second-order valence-corrected chi connectivity index (χ2v) is 7.21. The molecule has 140 valence electrons. The number of piperidine rings is 1. The van der Waals surface area contributed by atoms with Crippen molar-refractivity contribution in [2.24, 2.45) is 5.92 Å². The molecule has 6 nitrogen and oxygen atoms in total. The maximum atomic E-state index is 12.0. The number of aryl methyl sites for hydroxylation is 2. The summed E-state index contributed by atoms with van der Waals surface area (Å²) in [5.41, 5.74) is 3.89. The summed E-state index contributed by atoms with van der Waals surface area (Å²) in [6.07, 6.45) is 4.03. The van der Waals surface area contributed by atoms with Crippen molar-refractivity contribution in [3.8, 4) is 11.1 Å². The lowest BCUT2D eigenvalue weighted by Crippen LogP contribution is -2.36. The molecule has 0 aliphatic carbocycles. The molecular formula is C21H24N4O2. The Kier molecular flexibility index (Phi) is 4.64. The van der Waals surface area contributed by atoms with E-state index in [1.54, 1.807) is 6.33 Å². The van der Waals surface area contributed by atoms with E-state index >= 15 is 0 Å². The molecule has 1 fully saturated rings. The molecule has 0 amide bonds. The number of ketones is 1. The highest BCUT2D eigenvalue weighted by Crippen LogP contribution is 2.33. The molecule has 3 heterocycles. The monoisotopic (exact) mass is 364 g/mol. The minimum atomic E-state index is 0.192. The second-order valence-electron chi connectivity index (χ2n) is 7.21. The number of hydrogen-bond donors (Lipinski definition) is 0. The summed E-state index contributed by atoms with van der Waals surface area (Å²) in [7, 11) is 0. The third kappa shape index (κ3) is 3.20. The minimum Gasteiger partial charge on any atom is -0.361 e. The summed E-state index contributed by atoms with van der Waals surface area (Å²) >= 11 is 0. The first-order valence-corrected chi connectivity index (χ1v) is 9.54. The number of hydrogen-bond acceptors (Lipinski definition) is 6. The molecule has 27 heavy (non-hydrogen) atoms. The molecule has 1 aliphatic heterocycles. The molecule has 0 radical (unpaired) electrons. The van der Waals surface area contributed by atoms with E-state index in [2.05, 4.69) is 32.2 Å². The topological polar surface area (TPSA) is 72.1 Å². The Bertz CT molecular complexity index is 968. The second kappa shape index (κ2) is 7.10. The van der Waals surface area contributed by atoms with Crippen molar-refractivity contribution in [1.82, 2.24) is 15.1 Å². The van der Waals surface area contributed by atoms with E-state index in [1.165, 1.54) is 0 Å². The zero-order valence-electron chi connectivity index (χ0n) is 16.0. The SMILES string of the molecule is CCC(=O)C1CCN(c2ncnc3ccc(-c4c(C)noc4C)cc23)CC1. The maximum absolute atomic E-state index is 12.0. The van der Waals surface area contributed by atoms with Gasteiger partial charge in [-0.05, 0) is 44.4 Å². The van der Waals surface area contributed by atoms with Crippen molar-refractivity contribution in [3.63, 3.8) is 0 Å². The van der Waals surface area contributed by atoms with Gasteiger partial charge in [-0.15, -0.1) is 0 Å². The molecule has 1 aliphatic rings.